The minimum atomic E-state index is -0.775. The van der Waals surface area contributed by atoms with Crippen molar-refractivity contribution >= 4 is 6.03 Å². The number of aromatic amines is 2. The lowest BCUT2D eigenvalue weighted by atomic mass is 9.88. The van der Waals surface area contributed by atoms with E-state index in [0.29, 0.717) is 25.9 Å². The molecule has 1 fully saturated rings. The molecular weight excluding hydrogens is 584 g/mol. The van der Waals surface area contributed by atoms with Crippen molar-refractivity contribution in [1.29, 1.82) is 0 Å². The number of hydrogen-bond donors (Lipinski definition) is 3. The third-order valence-corrected chi connectivity index (χ3v) is 9.12. The molecular formula is C39H38N6O2. The molecule has 47 heavy (non-hydrogen) atoms. The zero-order chi connectivity index (χ0) is 32.0. The van der Waals surface area contributed by atoms with E-state index in [-0.39, 0.29) is 12.1 Å². The maximum Gasteiger partial charge on any atom is 0.321 e. The predicted molar refractivity (Wildman–Crippen MR) is 183 cm³/mol. The van der Waals surface area contributed by atoms with Crippen molar-refractivity contribution in [1.82, 2.24) is 30.2 Å². The summed E-state index contributed by atoms with van der Waals surface area (Å²) >= 11 is 0. The van der Waals surface area contributed by atoms with Crippen LogP contribution in [0.15, 0.2) is 134 Å². The molecule has 2 aromatic heterocycles. The number of amides is 2. The lowest BCUT2D eigenvalue weighted by Crippen LogP contribution is -2.66. The normalized spacial score (nSPS) is 18.1. The van der Waals surface area contributed by atoms with Gasteiger partial charge in [0.05, 0.1) is 29.6 Å². The molecule has 1 aliphatic heterocycles. The number of aliphatic hydroxyl groups is 1. The Hall–Kier alpha value is -5.47. The van der Waals surface area contributed by atoms with E-state index < -0.39 is 12.1 Å². The summed E-state index contributed by atoms with van der Waals surface area (Å²) in [6, 6.07) is 39.8. The fourth-order valence-electron chi connectivity index (χ4n) is 6.72. The Morgan fingerprint density at radius 1 is 0.596 bits per heavy atom. The lowest BCUT2D eigenvalue weighted by Gasteiger charge is -2.49. The molecule has 4 aromatic carbocycles. The number of aliphatic hydroxyl groups excluding tert-OH is 1. The molecule has 236 valence electrons. The summed E-state index contributed by atoms with van der Waals surface area (Å²) in [5, 5.41) is 26.6. The van der Waals surface area contributed by atoms with Crippen molar-refractivity contribution in [3.63, 3.8) is 0 Å². The van der Waals surface area contributed by atoms with Gasteiger partial charge in [-0.15, -0.1) is 0 Å². The summed E-state index contributed by atoms with van der Waals surface area (Å²) in [5.74, 6) is 0. The largest absolute Gasteiger partial charge is 0.389 e. The predicted octanol–water partition coefficient (Wildman–Crippen LogP) is 6.88. The van der Waals surface area contributed by atoms with Gasteiger partial charge in [0, 0.05) is 25.5 Å². The molecule has 3 atom stereocenters. The maximum atomic E-state index is 14.8. The highest BCUT2D eigenvalue weighted by atomic mass is 16.3. The molecule has 0 unspecified atom stereocenters. The number of H-pyrrole nitrogens is 2. The van der Waals surface area contributed by atoms with E-state index in [1.165, 1.54) is 5.56 Å². The van der Waals surface area contributed by atoms with Crippen LogP contribution in [0.2, 0.25) is 0 Å². The summed E-state index contributed by atoms with van der Waals surface area (Å²) in [4.78, 5) is 18.6. The number of hydrogen-bond acceptors (Lipinski definition) is 4. The highest BCUT2D eigenvalue weighted by molar-refractivity contribution is 5.77. The first kappa shape index (κ1) is 30.2. The van der Waals surface area contributed by atoms with Crippen LogP contribution in [0, 0.1) is 0 Å². The zero-order valence-corrected chi connectivity index (χ0v) is 26.1. The summed E-state index contributed by atoms with van der Waals surface area (Å²) in [7, 11) is 0. The van der Waals surface area contributed by atoms with Crippen molar-refractivity contribution < 1.29 is 9.90 Å². The average molecular weight is 623 g/mol. The molecule has 0 saturated carbocycles. The molecule has 8 heteroatoms. The summed E-state index contributed by atoms with van der Waals surface area (Å²) in [6.45, 7) is 0.742. The first-order chi connectivity index (χ1) is 23.1. The number of carbonyl (C=O) groups is 1. The summed E-state index contributed by atoms with van der Waals surface area (Å²) in [6.07, 6.45) is 4.65. The molecule has 6 aromatic rings. The van der Waals surface area contributed by atoms with Gasteiger partial charge in [-0.3, -0.25) is 10.2 Å². The van der Waals surface area contributed by atoms with Crippen LogP contribution in [-0.2, 0) is 25.9 Å². The number of aromatic nitrogens is 4. The van der Waals surface area contributed by atoms with E-state index in [0.717, 1.165) is 45.6 Å². The number of nitrogens with zero attached hydrogens (tertiary/aromatic N) is 4. The topological polar surface area (TPSA) is 101 Å². The Labute approximate surface area is 274 Å². The smallest absolute Gasteiger partial charge is 0.321 e. The van der Waals surface area contributed by atoms with Crippen molar-refractivity contribution in [3.05, 3.63) is 156 Å². The Morgan fingerprint density at radius 2 is 1.11 bits per heavy atom. The minimum absolute atomic E-state index is 0.0758. The Bertz CT molecular complexity index is 1880. The average Bonchev–Trinajstić information content (AvgIpc) is 3.86. The van der Waals surface area contributed by atoms with E-state index in [2.05, 4.69) is 56.8 Å². The fourth-order valence-corrected chi connectivity index (χ4v) is 6.72. The molecule has 7 rings (SSSR count). The first-order valence-electron chi connectivity index (χ1n) is 16.1. The molecule has 3 N–H and O–H groups in total. The highest BCUT2D eigenvalue weighted by Gasteiger charge is 2.45. The van der Waals surface area contributed by atoms with Crippen LogP contribution in [0.1, 0.15) is 28.7 Å². The van der Waals surface area contributed by atoms with Crippen molar-refractivity contribution in [2.24, 2.45) is 0 Å². The van der Waals surface area contributed by atoms with Crippen LogP contribution in [0.4, 0.5) is 4.79 Å². The third kappa shape index (κ3) is 6.88. The molecule has 8 nitrogen and oxygen atoms in total. The molecule has 1 aliphatic rings. The van der Waals surface area contributed by atoms with Crippen molar-refractivity contribution in [3.8, 4) is 22.5 Å². The van der Waals surface area contributed by atoms with Gasteiger partial charge < -0.3 is 14.9 Å². The molecule has 0 bridgehead atoms. The van der Waals surface area contributed by atoms with E-state index in [9.17, 15) is 9.90 Å². The molecule has 1 saturated heterocycles. The van der Waals surface area contributed by atoms with Gasteiger partial charge in [-0.25, -0.2) is 4.79 Å². The molecule has 0 radical (unpaired) electrons. The van der Waals surface area contributed by atoms with Crippen molar-refractivity contribution in [2.75, 3.05) is 0 Å². The second-order valence-corrected chi connectivity index (χ2v) is 12.2. The van der Waals surface area contributed by atoms with Crippen molar-refractivity contribution in [2.45, 2.75) is 50.5 Å². The van der Waals surface area contributed by atoms with Gasteiger partial charge in [-0.1, -0.05) is 97.1 Å². The number of rotatable bonds is 11. The van der Waals surface area contributed by atoms with Crippen LogP contribution >= 0.6 is 0 Å². The van der Waals surface area contributed by atoms with Crippen LogP contribution in [0.5, 0.6) is 0 Å². The second-order valence-electron chi connectivity index (χ2n) is 12.2. The van der Waals surface area contributed by atoms with Gasteiger partial charge >= 0.3 is 6.03 Å². The second kappa shape index (κ2) is 13.9. The maximum absolute atomic E-state index is 14.8. The summed E-state index contributed by atoms with van der Waals surface area (Å²) < 4.78 is 0. The number of nitrogens with one attached hydrogen (secondary N) is 2. The monoisotopic (exact) mass is 622 g/mol. The number of benzene rings is 4. The van der Waals surface area contributed by atoms with Gasteiger partial charge in [0.1, 0.15) is 0 Å². The van der Waals surface area contributed by atoms with Gasteiger partial charge in [0.15, 0.2) is 0 Å². The molecule has 3 heterocycles. The van der Waals surface area contributed by atoms with E-state index >= 15 is 0 Å². The zero-order valence-electron chi connectivity index (χ0n) is 26.1. The van der Waals surface area contributed by atoms with Gasteiger partial charge in [-0.2, -0.15) is 10.2 Å². The Morgan fingerprint density at radius 3 is 1.64 bits per heavy atom. The Balaban J connectivity index is 1.24. The van der Waals surface area contributed by atoms with Crippen LogP contribution in [-0.4, -0.2) is 59.5 Å². The standard InChI is InChI=1S/C39H38N6O2/c46-38-36(18-17-28-9-3-1-4-10-28)44(26-30-13-7-15-32(23-30)34-19-21-40-42-34)39(47)45(37(38)25-29-11-5-2-6-12-29)27-31-14-8-16-33(24-31)35-20-22-41-43-35/h1-16,19-24,36-38,46H,17-18,25-27H2,(H,40,42)(H,41,43)/t36-,37-,38-/m1/s1. The van der Waals surface area contributed by atoms with Gasteiger partial charge in [0.2, 0.25) is 0 Å². The summed E-state index contributed by atoms with van der Waals surface area (Å²) in [5.41, 5.74) is 8.08. The Kier molecular flexibility index (Phi) is 8.92. The lowest BCUT2D eigenvalue weighted by molar-refractivity contribution is -0.0453. The van der Waals surface area contributed by atoms with E-state index in [1.807, 2.05) is 94.7 Å². The SMILES string of the molecule is O=C1N(Cc2cccc(-c3ccn[nH]3)c2)[C@H](CCc2ccccc2)[C@@H](O)[C@@H](Cc2ccccc2)N1Cc1cccc(-c2ccn[nH]2)c1. The third-order valence-electron chi connectivity index (χ3n) is 9.12. The van der Waals surface area contributed by atoms with E-state index in [1.54, 1.807) is 12.4 Å². The first-order valence-corrected chi connectivity index (χ1v) is 16.1. The molecule has 2 amide bonds. The quantitative estimate of drug-likeness (QED) is 0.147. The van der Waals surface area contributed by atoms with Gasteiger partial charge in [-0.05, 0) is 76.9 Å². The van der Waals surface area contributed by atoms with Crippen LogP contribution in [0.3, 0.4) is 0 Å². The minimum Gasteiger partial charge on any atom is -0.389 e. The van der Waals surface area contributed by atoms with Gasteiger partial charge in [0.25, 0.3) is 0 Å². The molecule has 0 aliphatic carbocycles. The van der Waals surface area contributed by atoms with Crippen LogP contribution < -0.4 is 0 Å². The highest BCUT2D eigenvalue weighted by Crippen LogP contribution is 2.32. The molecule has 0 spiro atoms. The van der Waals surface area contributed by atoms with E-state index in [4.69, 9.17) is 0 Å². The number of urea groups is 1. The number of carbonyl (C=O) groups excluding carboxylic acids is 1. The van der Waals surface area contributed by atoms with Crippen LogP contribution in [0.25, 0.3) is 22.5 Å². The number of aryl methyl sites for hydroxylation is 1. The fraction of sp³-hybridized carbons (Fsp3) is 0.205.